The fourth-order valence-corrected chi connectivity index (χ4v) is 2.97. The quantitative estimate of drug-likeness (QED) is 0.863. The van der Waals surface area contributed by atoms with Crippen molar-refractivity contribution in [3.63, 3.8) is 0 Å². The zero-order valence-electron chi connectivity index (χ0n) is 11.3. The molecule has 1 unspecified atom stereocenters. The van der Waals surface area contributed by atoms with Gasteiger partial charge in [-0.2, -0.15) is 0 Å². The van der Waals surface area contributed by atoms with Crippen LogP contribution in [-0.2, 0) is 22.4 Å². The van der Waals surface area contributed by atoms with Crippen molar-refractivity contribution in [1.82, 2.24) is 0 Å². The Hall–Kier alpha value is -1.91. The number of hydrogen-bond donors (Lipinski definition) is 2. The van der Waals surface area contributed by atoms with Gasteiger partial charge in [-0.15, -0.1) is 0 Å². The number of amides is 1. The molecule has 4 heteroatoms. The summed E-state index contributed by atoms with van der Waals surface area (Å²) in [6, 6.07) is 10.3. The van der Waals surface area contributed by atoms with Gasteiger partial charge in [0.2, 0.25) is 5.91 Å². The molecular formula is C16H18N2O2. The standard InChI is InChI=1S/C16H18N2O2/c17-14(8-20-9-15(18)19)12-7-6-11-5-4-10-2-1-3-13(12)16(10)11/h1-3,6-7,14H,4-5,8-9,17H2,(H2,18,19). The molecule has 20 heavy (non-hydrogen) atoms. The number of primary amides is 1. The molecule has 1 atom stereocenters. The Morgan fingerprint density at radius 3 is 2.70 bits per heavy atom. The molecule has 0 spiro atoms. The van der Waals surface area contributed by atoms with Crippen molar-refractivity contribution in [3.8, 4) is 0 Å². The second-order valence-corrected chi connectivity index (χ2v) is 5.24. The Morgan fingerprint density at radius 1 is 1.20 bits per heavy atom. The van der Waals surface area contributed by atoms with E-state index >= 15 is 0 Å². The summed E-state index contributed by atoms with van der Waals surface area (Å²) < 4.78 is 5.24. The summed E-state index contributed by atoms with van der Waals surface area (Å²) in [5.74, 6) is -0.474. The topological polar surface area (TPSA) is 78.3 Å². The van der Waals surface area contributed by atoms with Crippen LogP contribution in [0.5, 0.6) is 0 Å². The average molecular weight is 270 g/mol. The Labute approximate surface area is 117 Å². The minimum atomic E-state index is -0.474. The number of benzene rings is 2. The molecule has 0 saturated carbocycles. The smallest absolute Gasteiger partial charge is 0.243 e. The lowest BCUT2D eigenvalue weighted by Crippen LogP contribution is -2.23. The zero-order valence-corrected chi connectivity index (χ0v) is 11.3. The normalized spacial score (nSPS) is 14.7. The summed E-state index contributed by atoms with van der Waals surface area (Å²) in [5, 5.41) is 2.54. The van der Waals surface area contributed by atoms with Crippen molar-refractivity contribution in [2.24, 2.45) is 11.5 Å². The lowest BCUT2D eigenvalue weighted by atomic mass is 9.96. The highest BCUT2D eigenvalue weighted by atomic mass is 16.5. The molecule has 0 bridgehead atoms. The molecule has 0 saturated heterocycles. The van der Waals surface area contributed by atoms with Crippen molar-refractivity contribution >= 4 is 16.7 Å². The van der Waals surface area contributed by atoms with Crippen molar-refractivity contribution < 1.29 is 9.53 Å². The lowest BCUT2D eigenvalue weighted by molar-refractivity contribution is -0.122. The van der Waals surface area contributed by atoms with Crippen molar-refractivity contribution in [3.05, 3.63) is 47.0 Å². The van der Waals surface area contributed by atoms with E-state index in [4.69, 9.17) is 16.2 Å². The first kappa shape index (κ1) is 13.1. The van der Waals surface area contributed by atoms with E-state index in [-0.39, 0.29) is 12.6 Å². The molecule has 1 amide bonds. The second-order valence-electron chi connectivity index (χ2n) is 5.24. The van der Waals surface area contributed by atoms with Gasteiger partial charge in [-0.05, 0) is 40.3 Å². The van der Waals surface area contributed by atoms with Crippen LogP contribution in [0.1, 0.15) is 22.7 Å². The van der Waals surface area contributed by atoms with Crippen LogP contribution in [0.25, 0.3) is 10.8 Å². The maximum atomic E-state index is 10.7. The predicted molar refractivity (Wildman–Crippen MR) is 78.3 cm³/mol. The van der Waals surface area contributed by atoms with Crippen LogP contribution in [-0.4, -0.2) is 19.1 Å². The van der Waals surface area contributed by atoms with Gasteiger partial charge in [0.1, 0.15) is 6.61 Å². The number of rotatable bonds is 5. The number of carbonyl (C=O) groups is 1. The molecule has 4 nitrogen and oxygen atoms in total. The molecule has 2 aromatic rings. The van der Waals surface area contributed by atoms with E-state index in [1.807, 2.05) is 0 Å². The van der Waals surface area contributed by atoms with E-state index in [1.54, 1.807) is 0 Å². The number of ether oxygens (including phenoxy) is 1. The van der Waals surface area contributed by atoms with Gasteiger partial charge in [-0.1, -0.05) is 30.3 Å². The number of hydrogen-bond acceptors (Lipinski definition) is 3. The van der Waals surface area contributed by atoms with Gasteiger partial charge >= 0.3 is 0 Å². The minimum absolute atomic E-state index is 0.0883. The third-order valence-corrected chi connectivity index (χ3v) is 3.85. The Morgan fingerprint density at radius 2 is 1.95 bits per heavy atom. The Bertz CT molecular complexity index is 657. The number of aryl methyl sites for hydroxylation is 2. The maximum Gasteiger partial charge on any atom is 0.243 e. The molecule has 0 aliphatic heterocycles. The molecule has 4 N–H and O–H groups in total. The fraction of sp³-hybridized carbons (Fsp3) is 0.312. The van der Waals surface area contributed by atoms with Crippen LogP contribution in [0, 0.1) is 0 Å². The van der Waals surface area contributed by atoms with Gasteiger partial charge in [0.15, 0.2) is 0 Å². The summed E-state index contributed by atoms with van der Waals surface area (Å²) in [4.78, 5) is 10.7. The first-order valence-electron chi connectivity index (χ1n) is 6.82. The zero-order chi connectivity index (χ0) is 14.1. The van der Waals surface area contributed by atoms with Crippen LogP contribution in [0.3, 0.4) is 0 Å². The number of carbonyl (C=O) groups excluding carboxylic acids is 1. The van der Waals surface area contributed by atoms with E-state index in [0.29, 0.717) is 6.61 Å². The van der Waals surface area contributed by atoms with Gasteiger partial charge in [0, 0.05) is 0 Å². The largest absolute Gasteiger partial charge is 0.370 e. The highest BCUT2D eigenvalue weighted by Gasteiger charge is 2.18. The van der Waals surface area contributed by atoms with Crippen LogP contribution in [0.15, 0.2) is 30.3 Å². The second kappa shape index (κ2) is 5.23. The van der Waals surface area contributed by atoms with Gasteiger partial charge in [0.25, 0.3) is 0 Å². The first-order valence-corrected chi connectivity index (χ1v) is 6.82. The van der Waals surface area contributed by atoms with Gasteiger partial charge in [-0.3, -0.25) is 4.79 Å². The molecule has 1 aliphatic rings. The first-order chi connectivity index (χ1) is 9.66. The van der Waals surface area contributed by atoms with Crippen molar-refractivity contribution in [2.75, 3.05) is 13.2 Å². The van der Waals surface area contributed by atoms with E-state index in [2.05, 4.69) is 30.3 Å². The Balaban J connectivity index is 1.91. The summed E-state index contributed by atoms with van der Waals surface area (Å²) in [6.07, 6.45) is 2.20. The highest BCUT2D eigenvalue weighted by Crippen LogP contribution is 2.34. The molecule has 0 heterocycles. The molecule has 0 radical (unpaired) electrons. The molecule has 2 aromatic carbocycles. The van der Waals surface area contributed by atoms with E-state index < -0.39 is 5.91 Å². The van der Waals surface area contributed by atoms with Crippen molar-refractivity contribution in [1.29, 1.82) is 0 Å². The van der Waals surface area contributed by atoms with Crippen molar-refractivity contribution in [2.45, 2.75) is 18.9 Å². The summed E-state index contributed by atoms with van der Waals surface area (Å²) in [6.45, 7) is 0.205. The minimum Gasteiger partial charge on any atom is -0.370 e. The Kier molecular flexibility index (Phi) is 3.42. The van der Waals surface area contributed by atoms with E-state index in [9.17, 15) is 4.79 Å². The molecule has 104 valence electrons. The summed E-state index contributed by atoms with van der Waals surface area (Å²) in [7, 11) is 0. The third kappa shape index (κ3) is 2.28. The van der Waals surface area contributed by atoms with Crippen LogP contribution in [0.2, 0.25) is 0 Å². The lowest BCUT2D eigenvalue weighted by Gasteiger charge is -2.15. The average Bonchev–Trinajstić information content (AvgIpc) is 2.84. The van der Waals surface area contributed by atoms with Gasteiger partial charge < -0.3 is 16.2 Å². The summed E-state index contributed by atoms with van der Waals surface area (Å²) in [5.41, 5.74) is 15.1. The summed E-state index contributed by atoms with van der Waals surface area (Å²) >= 11 is 0. The van der Waals surface area contributed by atoms with E-state index in [1.165, 1.54) is 21.9 Å². The fourth-order valence-electron chi connectivity index (χ4n) is 2.97. The third-order valence-electron chi connectivity index (χ3n) is 3.85. The highest BCUT2D eigenvalue weighted by molar-refractivity contribution is 5.93. The van der Waals surface area contributed by atoms with E-state index in [0.717, 1.165) is 18.4 Å². The van der Waals surface area contributed by atoms with Crippen LogP contribution < -0.4 is 11.5 Å². The van der Waals surface area contributed by atoms with Crippen LogP contribution in [0.4, 0.5) is 0 Å². The van der Waals surface area contributed by atoms with Crippen LogP contribution >= 0.6 is 0 Å². The molecule has 0 fully saturated rings. The maximum absolute atomic E-state index is 10.7. The molecule has 3 rings (SSSR count). The van der Waals surface area contributed by atoms with Gasteiger partial charge in [-0.25, -0.2) is 0 Å². The SMILES string of the molecule is NC(=O)COCC(N)c1ccc2c3c(cccc13)CC2. The predicted octanol–water partition coefficient (Wildman–Crippen LogP) is 1.44. The molecule has 0 aromatic heterocycles. The molecule has 1 aliphatic carbocycles. The monoisotopic (exact) mass is 270 g/mol. The number of nitrogens with two attached hydrogens (primary N) is 2. The molecular weight excluding hydrogens is 252 g/mol. The van der Waals surface area contributed by atoms with Gasteiger partial charge in [0.05, 0.1) is 12.6 Å².